The first-order valence-electron chi connectivity index (χ1n) is 6.63. The lowest BCUT2D eigenvalue weighted by atomic mass is 10.2. The van der Waals surface area contributed by atoms with Crippen molar-refractivity contribution in [1.82, 2.24) is 4.98 Å². The minimum atomic E-state index is -1.29. The van der Waals surface area contributed by atoms with E-state index >= 15 is 0 Å². The van der Waals surface area contributed by atoms with Gasteiger partial charge in [0.1, 0.15) is 5.01 Å². The molecule has 0 aliphatic carbocycles. The number of nitrogens with zero attached hydrogens (tertiary/aromatic N) is 2. The first-order valence-corrected chi connectivity index (χ1v) is 7.82. The molecule has 4 nitrogen and oxygen atoms in total. The predicted octanol–water partition coefficient (Wildman–Crippen LogP) is 3.65. The van der Waals surface area contributed by atoms with Gasteiger partial charge in [-0.1, -0.05) is 29.8 Å². The van der Waals surface area contributed by atoms with E-state index in [4.69, 9.17) is 11.6 Å². The van der Waals surface area contributed by atoms with Gasteiger partial charge in [-0.3, -0.25) is 4.79 Å². The van der Waals surface area contributed by atoms with Crippen LogP contribution in [0.4, 0.5) is 5.69 Å². The van der Waals surface area contributed by atoms with Crippen LogP contribution in [0.1, 0.15) is 11.1 Å². The molecule has 2 aromatic carbocycles. The molecule has 1 amide bonds. The van der Waals surface area contributed by atoms with Crippen molar-refractivity contribution in [1.29, 1.82) is 0 Å². The number of likely N-dealkylation sites (N-methyl/N-ethyl adjacent to an activating group) is 1. The maximum atomic E-state index is 12.4. The number of carbonyl (C=O) groups excluding carboxylic acids is 1. The van der Waals surface area contributed by atoms with Gasteiger partial charge in [0.2, 0.25) is 0 Å². The molecule has 0 saturated carbocycles. The topological polar surface area (TPSA) is 53.4 Å². The Morgan fingerprint density at radius 3 is 2.73 bits per heavy atom. The van der Waals surface area contributed by atoms with Crippen molar-refractivity contribution in [3.8, 4) is 0 Å². The summed E-state index contributed by atoms with van der Waals surface area (Å²) in [6.45, 7) is 0. The lowest BCUT2D eigenvalue weighted by Crippen LogP contribution is -2.31. The van der Waals surface area contributed by atoms with Gasteiger partial charge in [-0.05, 0) is 30.3 Å². The first kappa shape index (κ1) is 15.0. The summed E-state index contributed by atoms with van der Waals surface area (Å²) in [5.41, 5.74) is 1.44. The zero-order valence-corrected chi connectivity index (χ0v) is 13.3. The molecule has 1 unspecified atom stereocenters. The third-order valence-corrected chi connectivity index (χ3v) is 4.61. The Labute approximate surface area is 136 Å². The minimum Gasteiger partial charge on any atom is -0.376 e. The van der Waals surface area contributed by atoms with Crippen molar-refractivity contribution in [3.63, 3.8) is 0 Å². The standard InChI is InChI=1S/C16H13ClN2O2S/c1-19(11-5-3-2-4-6-11)16(21)14(20)15-18-12-8-7-10(17)9-13(12)22-15/h2-9,14,20H,1H3. The number of fused-ring (bicyclic) bond motifs is 1. The van der Waals surface area contributed by atoms with Crippen LogP contribution in [0.5, 0.6) is 0 Å². The van der Waals surface area contributed by atoms with E-state index in [1.807, 2.05) is 30.3 Å². The molecular formula is C16H13ClN2O2S. The predicted molar refractivity (Wildman–Crippen MR) is 89.4 cm³/mol. The number of carbonyl (C=O) groups is 1. The van der Waals surface area contributed by atoms with Crippen LogP contribution < -0.4 is 4.90 Å². The zero-order chi connectivity index (χ0) is 15.7. The van der Waals surface area contributed by atoms with E-state index in [-0.39, 0.29) is 0 Å². The summed E-state index contributed by atoms with van der Waals surface area (Å²) in [5, 5.41) is 11.3. The van der Waals surface area contributed by atoms with Crippen LogP contribution in [0.15, 0.2) is 48.5 Å². The molecule has 0 saturated heterocycles. The van der Waals surface area contributed by atoms with Crippen molar-refractivity contribution in [2.24, 2.45) is 0 Å². The molecule has 0 aliphatic rings. The van der Waals surface area contributed by atoms with E-state index in [0.29, 0.717) is 10.0 Å². The highest BCUT2D eigenvalue weighted by molar-refractivity contribution is 7.18. The lowest BCUT2D eigenvalue weighted by molar-refractivity contribution is -0.126. The summed E-state index contributed by atoms with van der Waals surface area (Å²) in [6.07, 6.45) is -1.29. The average Bonchev–Trinajstić information content (AvgIpc) is 2.96. The molecule has 0 fully saturated rings. The van der Waals surface area contributed by atoms with E-state index in [0.717, 1.165) is 15.9 Å². The van der Waals surface area contributed by atoms with Crippen molar-refractivity contribution >= 4 is 44.7 Å². The second-order valence-electron chi connectivity index (χ2n) is 4.80. The Balaban J connectivity index is 1.88. The van der Waals surface area contributed by atoms with Crippen LogP contribution in [0, 0.1) is 0 Å². The van der Waals surface area contributed by atoms with E-state index in [9.17, 15) is 9.90 Å². The molecule has 3 aromatic rings. The molecule has 22 heavy (non-hydrogen) atoms. The van der Waals surface area contributed by atoms with Crippen molar-refractivity contribution < 1.29 is 9.90 Å². The van der Waals surface area contributed by atoms with Gasteiger partial charge in [0.25, 0.3) is 5.91 Å². The van der Waals surface area contributed by atoms with Gasteiger partial charge in [-0.2, -0.15) is 0 Å². The lowest BCUT2D eigenvalue weighted by Gasteiger charge is -2.19. The molecule has 1 N–H and O–H groups in total. The van der Waals surface area contributed by atoms with Gasteiger partial charge in [-0.15, -0.1) is 11.3 Å². The van der Waals surface area contributed by atoms with Gasteiger partial charge in [-0.25, -0.2) is 4.98 Å². The average molecular weight is 333 g/mol. The number of aromatic nitrogens is 1. The van der Waals surface area contributed by atoms with Gasteiger partial charge < -0.3 is 10.0 Å². The summed E-state index contributed by atoms with van der Waals surface area (Å²) in [6, 6.07) is 14.4. The molecule has 0 spiro atoms. The molecule has 6 heteroatoms. The smallest absolute Gasteiger partial charge is 0.262 e. The Bertz CT molecular complexity index is 819. The third kappa shape index (κ3) is 2.83. The maximum absolute atomic E-state index is 12.4. The van der Waals surface area contributed by atoms with Gasteiger partial charge in [0, 0.05) is 17.8 Å². The van der Waals surface area contributed by atoms with Crippen molar-refractivity contribution in [2.45, 2.75) is 6.10 Å². The molecule has 0 bridgehead atoms. The maximum Gasteiger partial charge on any atom is 0.262 e. The Morgan fingerprint density at radius 1 is 1.27 bits per heavy atom. The summed E-state index contributed by atoms with van der Waals surface area (Å²) < 4.78 is 0.844. The fourth-order valence-electron chi connectivity index (χ4n) is 2.10. The highest BCUT2D eigenvalue weighted by Gasteiger charge is 2.25. The zero-order valence-electron chi connectivity index (χ0n) is 11.7. The van der Waals surface area contributed by atoms with E-state index < -0.39 is 12.0 Å². The largest absolute Gasteiger partial charge is 0.376 e. The number of benzene rings is 2. The highest BCUT2D eigenvalue weighted by atomic mass is 35.5. The van der Waals surface area contributed by atoms with Crippen molar-refractivity contribution in [2.75, 3.05) is 11.9 Å². The molecule has 1 atom stereocenters. The normalized spacial score (nSPS) is 12.3. The number of aliphatic hydroxyl groups is 1. The number of hydrogen-bond acceptors (Lipinski definition) is 4. The summed E-state index contributed by atoms with van der Waals surface area (Å²) in [7, 11) is 1.63. The number of halogens is 1. The Morgan fingerprint density at radius 2 is 2.00 bits per heavy atom. The van der Waals surface area contributed by atoms with Crippen molar-refractivity contribution in [3.05, 3.63) is 58.6 Å². The van der Waals surface area contributed by atoms with Gasteiger partial charge in [0.15, 0.2) is 6.10 Å². The van der Waals surface area contributed by atoms with Crippen LogP contribution >= 0.6 is 22.9 Å². The minimum absolute atomic E-state index is 0.366. The molecule has 0 aliphatic heterocycles. The number of para-hydroxylation sites is 1. The van der Waals surface area contributed by atoms with Gasteiger partial charge >= 0.3 is 0 Å². The number of aliphatic hydroxyl groups excluding tert-OH is 1. The van der Waals surface area contributed by atoms with Crippen LogP contribution in [0.2, 0.25) is 5.02 Å². The number of thiazole rings is 1. The quantitative estimate of drug-likeness (QED) is 0.796. The summed E-state index contributed by atoms with van der Waals surface area (Å²) >= 11 is 7.21. The fraction of sp³-hybridized carbons (Fsp3) is 0.125. The molecule has 0 radical (unpaired) electrons. The van der Waals surface area contributed by atoms with Crippen LogP contribution in [0.25, 0.3) is 10.2 Å². The number of rotatable bonds is 3. The monoisotopic (exact) mass is 332 g/mol. The fourth-order valence-corrected chi connectivity index (χ4v) is 3.32. The molecule has 1 heterocycles. The van der Waals surface area contributed by atoms with E-state index in [1.165, 1.54) is 16.2 Å². The molecule has 3 rings (SSSR count). The summed E-state index contributed by atoms with van der Waals surface area (Å²) in [4.78, 5) is 18.1. The molecular weight excluding hydrogens is 320 g/mol. The second-order valence-corrected chi connectivity index (χ2v) is 6.30. The first-order chi connectivity index (χ1) is 10.6. The van der Waals surface area contributed by atoms with Crippen LogP contribution in [-0.4, -0.2) is 23.0 Å². The Kier molecular flexibility index (Phi) is 4.11. The Hall–Kier alpha value is -1.95. The number of hydrogen-bond donors (Lipinski definition) is 1. The van der Waals surface area contributed by atoms with Crippen LogP contribution in [0.3, 0.4) is 0 Å². The van der Waals surface area contributed by atoms with Crippen LogP contribution in [-0.2, 0) is 4.79 Å². The highest BCUT2D eigenvalue weighted by Crippen LogP contribution is 2.30. The second kappa shape index (κ2) is 6.04. The van der Waals surface area contributed by atoms with Gasteiger partial charge in [0.05, 0.1) is 10.2 Å². The number of anilines is 1. The molecule has 1 aromatic heterocycles. The number of amides is 1. The van der Waals surface area contributed by atoms with E-state index in [1.54, 1.807) is 25.2 Å². The summed E-state index contributed by atoms with van der Waals surface area (Å²) in [5.74, 6) is -0.420. The SMILES string of the molecule is CN(C(=O)C(O)c1nc2ccc(Cl)cc2s1)c1ccccc1. The van der Waals surface area contributed by atoms with E-state index in [2.05, 4.69) is 4.98 Å². The third-order valence-electron chi connectivity index (χ3n) is 3.31. The molecule has 112 valence electrons.